The Morgan fingerprint density at radius 3 is 2.39 bits per heavy atom. The molecule has 150 valence electrons. The van der Waals surface area contributed by atoms with Crippen LogP contribution >= 0.6 is 0 Å². The van der Waals surface area contributed by atoms with Gasteiger partial charge in [0.1, 0.15) is 13.2 Å². The van der Waals surface area contributed by atoms with E-state index in [0.717, 1.165) is 24.2 Å². The van der Waals surface area contributed by atoms with E-state index >= 15 is 0 Å². The van der Waals surface area contributed by atoms with Crippen LogP contribution in [-0.4, -0.2) is 32.3 Å². The Hall–Kier alpha value is -2.89. The average Bonchev–Trinajstić information content (AvgIpc) is 2.74. The van der Waals surface area contributed by atoms with Crippen LogP contribution in [0.25, 0.3) is 0 Å². The van der Waals surface area contributed by atoms with Crippen LogP contribution in [-0.2, 0) is 6.54 Å². The molecule has 0 unspecified atom stereocenters. The summed E-state index contributed by atoms with van der Waals surface area (Å²) < 4.78 is 22.6. The summed E-state index contributed by atoms with van der Waals surface area (Å²) in [4.78, 5) is 12.6. The fourth-order valence-corrected chi connectivity index (χ4v) is 2.79. The zero-order chi connectivity index (χ0) is 19.8. The summed E-state index contributed by atoms with van der Waals surface area (Å²) in [5, 5.41) is 2.94. The van der Waals surface area contributed by atoms with Crippen LogP contribution in [0.15, 0.2) is 36.4 Å². The number of hydrogen-bond donors (Lipinski definition) is 1. The molecule has 6 nitrogen and oxygen atoms in total. The van der Waals surface area contributed by atoms with Crippen LogP contribution in [0.5, 0.6) is 23.0 Å². The first-order valence-electron chi connectivity index (χ1n) is 9.77. The molecule has 2 aromatic carbocycles. The second kappa shape index (κ2) is 9.88. The molecule has 0 saturated heterocycles. The zero-order valence-electron chi connectivity index (χ0n) is 16.5. The third-order valence-corrected chi connectivity index (χ3v) is 4.19. The largest absolute Gasteiger partial charge is 0.490 e. The van der Waals surface area contributed by atoms with Crippen molar-refractivity contribution in [3.8, 4) is 23.0 Å². The first-order chi connectivity index (χ1) is 13.7. The molecule has 0 radical (unpaired) electrons. The molecule has 0 spiro atoms. The van der Waals surface area contributed by atoms with Gasteiger partial charge in [-0.3, -0.25) is 4.79 Å². The van der Waals surface area contributed by atoms with Crippen LogP contribution in [0.1, 0.15) is 42.6 Å². The molecule has 0 saturated carbocycles. The molecule has 1 amide bonds. The van der Waals surface area contributed by atoms with Gasteiger partial charge in [0.05, 0.1) is 13.2 Å². The average molecular weight is 385 g/mol. The van der Waals surface area contributed by atoms with Gasteiger partial charge in [0.2, 0.25) is 0 Å². The lowest BCUT2D eigenvalue weighted by atomic mass is 10.1. The van der Waals surface area contributed by atoms with Crippen molar-refractivity contribution in [3.63, 3.8) is 0 Å². The molecule has 0 aliphatic carbocycles. The van der Waals surface area contributed by atoms with Crippen LogP contribution < -0.4 is 24.3 Å². The number of fused-ring (bicyclic) bond motifs is 1. The Balaban J connectivity index is 1.66. The minimum Gasteiger partial charge on any atom is -0.490 e. The fourth-order valence-electron chi connectivity index (χ4n) is 2.79. The smallest absolute Gasteiger partial charge is 0.251 e. The second-order valence-electron chi connectivity index (χ2n) is 6.52. The number of benzene rings is 2. The lowest BCUT2D eigenvalue weighted by Crippen LogP contribution is -2.23. The van der Waals surface area contributed by atoms with E-state index in [2.05, 4.69) is 5.32 Å². The predicted molar refractivity (Wildman–Crippen MR) is 107 cm³/mol. The Kier molecular flexibility index (Phi) is 7.00. The quantitative estimate of drug-likeness (QED) is 0.708. The highest BCUT2D eigenvalue weighted by Crippen LogP contribution is 2.31. The topological polar surface area (TPSA) is 66.0 Å². The van der Waals surface area contributed by atoms with Crippen molar-refractivity contribution in [2.75, 3.05) is 26.4 Å². The van der Waals surface area contributed by atoms with E-state index < -0.39 is 0 Å². The molecule has 0 fully saturated rings. The molecule has 6 heteroatoms. The van der Waals surface area contributed by atoms with Crippen LogP contribution in [0, 0.1) is 0 Å². The third kappa shape index (κ3) is 5.09. The van der Waals surface area contributed by atoms with Gasteiger partial charge in [0.15, 0.2) is 23.0 Å². The van der Waals surface area contributed by atoms with Gasteiger partial charge < -0.3 is 24.3 Å². The van der Waals surface area contributed by atoms with E-state index in [9.17, 15) is 4.79 Å². The summed E-state index contributed by atoms with van der Waals surface area (Å²) in [5.74, 6) is 2.55. The van der Waals surface area contributed by atoms with E-state index in [0.29, 0.717) is 55.8 Å². The van der Waals surface area contributed by atoms with Crippen LogP contribution in [0.4, 0.5) is 0 Å². The summed E-state index contributed by atoms with van der Waals surface area (Å²) in [7, 11) is 0. The molecule has 1 N–H and O–H groups in total. The van der Waals surface area contributed by atoms with Crippen molar-refractivity contribution in [3.05, 3.63) is 47.5 Å². The number of amides is 1. The standard InChI is InChI=1S/C22H27NO5/c1-3-9-25-19-8-6-17(14-21(19)26-10-4-2)22(24)23-15-16-5-7-18-20(13-16)28-12-11-27-18/h5-8,13-14H,3-4,9-12,15H2,1-2H3,(H,23,24). The SMILES string of the molecule is CCCOc1ccc(C(=O)NCc2ccc3c(c2)OCCO3)cc1OCCC. The monoisotopic (exact) mass is 385 g/mol. The van der Waals surface area contributed by atoms with Crippen molar-refractivity contribution in [1.82, 2.24) is 5.32 Å². The van der Waals surface area contributed by atoms with E-state index in [1.165, 1.54) is 0 Å². The molecule has 28 heavy (non-hydrogen) atoms. The van der Waals surface area contributed by atoms with E-state index in [-0.39, 0.29) is 5.91 Å². The van der Waals surface area contributed by atoms with Gasteiger partial charge in [-0.05, 0) is 48.7 Å². The number of carbonyl (C=O) groups is 1. The Morgan fingerprint density at radius 1 is 0.929 bits per heavy atom. The highest BCUT2D eigenvalue weighted by atomic mass is 16.6. The summed E-state index contributed by atoms with van der Waals surface area (Å²) in [6.07, 6.45) is 1.79. The van der Waals surface area contributed by atoms with Gasteiger partial charge in [-0.2, -0.15) is 0 Å². The molecule has 0 bridgehead atoms. The van der Waals surface area contributed by atoms with Crippen molar-refractivity contribution >= 4 is 5.91 Å². The van der Waals surface area contributed by atoms with Gasteiger partial charge in [-0.15, -0.1) is 0 Å². The van der Waals surface area contributed by atoms with Crippen molar-refractivity contribution < 1.29 is 23.7 Å². The summed E-state index contributed by atoms with van der Waals surface area (Å²) >= 11 is 0. The normalized spacial score (nSPS) is 12.4. The summed E-state index contributed by atoms with van der Waals surface area (Å²) in [5.41, 5.74) is 1.48. The Morgan fingerprint density at radius 2 is 1.64 bits per heavy atom. The minimum atomic E-state index is -0.168. The first kappa shape index (κ1) is 19.9. The molecular weight excluding hydrogens is 358 g/mol. The fraction of sp³-hybridized carbons (Fsp3) is 0.409. The number of ether oxygens (including phenoxy) is 4. The number of carbonyl (C=O) groups excluding carboxylic acids is 1. The van der Waals surface area contributed by atoms with Gasteiger partial charge in [-0.1, -0.05) is 19.9 Å². The van der Waals surface area contributed by atoms with Crippen LogP contribution in [0.3, 0.4) is 0 Å². The van der Waals surface area contributed by atoms with E-state index in [1.807, 2.05) is 32.0 Å². The molecule has 2 aromatic rings. The van der Waals surface area contributed by atoms with Crippen molar-refractivity contribution in [2.24, 2.45) is 0 Å². The van der Waals surface area contributed by atoms with E-state index in [1.54, 1.807) is 18.2 Å². The van der Waals surface area contributed by atoms with Gasteiger partial charge in [0.25, 0.3) is 5.91 Å². The molecule has 1 aliphatic heterocycles. The van der Waals surface area contributed by atoms with Crippen molar-refractivity contribution in [1.29, 1.82) is 0 Å². The lowest BCUT2D eigenvalue weighted by Gasteiger charge is -2.19. The highest BCUT2D eigenvalue weighted by Gasteiger charge is 2.14. The second-order valence-corrected chi connectivity index (χ2v) is 6.52. The molecule has 0 atom stereocenters. The number of hydrogen-bond acceptors (Lipinski definition) is 5. The predicted octanol–water partition coefficient (Wildman–Crippen LogP) is 3.97. The zero-order valence-corrected chi connectivity index (χ0v) is 16.5. The maximum absolute atomic E-state index is 12.6. The van der Waals surface area contributed by atoms with E-state index in [4.69, 9.17) is 18.9 Å². The first-order valence-corrected chi connectivity index (χ1v) is 9.77. The van der Waals surface area contributed by atoms with Crippen molar-refractivity contribution in [2.45, 2.75) is 33.2 Å². The lowest BCUT2D eigenvalue weighted by molar-refractivity contribution is 0.0950. The Bertz CT molecular complexity index is 806. The highest BCUT2D eigenvalue weighted by molar-refractivity contribution is 5.94. The molecular formula is C22H27NO5. The molecule has 0 aromatic heterocycles. The summed E-state index contributed by atoms with van der Waals surface area (Å²) in [6, 6.07) is 11.0. The minimum absolute atomic E-state index is 0.168. The maximum Gasteiger partial charge on any atom is 0.251 e. The Labute approximate surface area is 165 Å². The number of nitrogens with one attached hydrogen (secondary N) is 1. The van der Waals surface area contributed by atoms with Crippen LogP contribution in [0.2, 0.25) is 0 Å². The molecule has 1 heterocycles. The summed E-state index contributed by atoms with van der Waals surface area (Å²) in [6.45, 7) is 6.76. The van der Waals surface area contributed by atoms with Gasteiger partial charge in [-0.25, -0.2) is 0 Å². The van der Waals surface area contributed by atoms with Gasteiger partial charge in [0, 0.05) is 12.1 Å². The molecule has 1 aliphatic rings. The number of rotatable bonds is 9. The molecule has 3 rings (SSSR count). The maximum atomic E-state index is 12.6. The third-order valence-electron chi connectivity index (χ3n) is 4.19. The van der Waals surface area contributed by atoms with Gasteiger partial charge >= 0.3 is 0 Å².